The number of allylic oxidation sites excluding steroid dienone is 1. The zero-order chi connectivity index (χ0) is 9.07. The molecule has 0 aromatic rings. The summed E-state index contributed by atoms with van der Waals surface area (Å²) in [4.78, 5) is 0. The van der Waals surface area contributed by atoms with Gasteiger partial charge < -0.3 is 5.73 Å². The second kappa shape index (κ2) is 3.76. The largest absolute Gasteiger partial charge is 0.390 e. The molecule has 2 N–H and O–H groups in total. The standard InChI is InChI=1S/C7H12F3N/c1-5(2)3-6(11)4-7(8,9)10/h3,6H,4,11H2,1-2H3. The monoisotopic (exact) mass is 167 g/mol. The molecule has 0 radical (unpaired) electrons. The first-order valence-electron chi connectivity index (χ1n) is 3.28. The lowest BCUT2D eigenvalue weighted by atomic mass is 10.1. The molecule has 1 atom stereocenters. The van der Waals surface area contributed by atoms with Crippen molar-refractivity contribution in [3.63, 3.8) is 0 Å². The fourth-order valence-corrected chi connectivity index (χ4v) is 0.754. The Morgan fingerprint density at radius 3 is 2.18 bits per heavy atom. The van der Waals surface area contributed by atoms with Crippen molar-refractivity contribution in [1.82, 2.24) is 0 Å². The summed E-state index contributed by atoms with van der Waals surface area (Å²) in [5.74, 6) is 0. The lowest BCUT2D eigenvalue weighted by molar-refractivity contribution is -0.135. The van der Waals surface area contributed by atoms with Gasteiger partial charge >= 0.3 is 6.18 Å². The summed E-state index contributed by atoms with van der Waals surface area (Å²) in [5, 5.41) is 0. The van der Waals surface area contributed by atoms with Crippen LogP contribution in [-0.4, -0.2) is 12.2 Å². The van der Waals surface area contributed by atoms with E-state index in [0.29, 0.717) is 0 Å². The molecule has 4 heteroatoms. The van der Waals surface area contributed by atoms with E-state index < -0.39 is 18.6 Å². The van der Waals surface area contributed by atoms with E-state index in [2.05, 4.69) is 0 Å². The summed E-state index contributed by atoms with van der Waals surface area (Å²) < 4.78 is 34.9. The van der Waals surface area contributed by atoms with Crippen LogP contribution in [0.4, 0.5) is 13.2 Å². The highest BCUT2D eigenvalue weighted by molar-refractivity contribution is 5.00. The third-order valence-corrected chi connectivity index (χ3v) is 1.01. The van der Waals surface area contributed by atoms with Gasteiger partial charge in [-0.2, -0.15) is 13.2 Å². The predicted octanol–water partition coefficient (Wildman–Crippen LogP) is 2.23. The van der Waals surface area contributed by atoms with Gasteiger partial charge in [0.05, 0.1) is 6.42 Å². The van der Waals surface area contributed by atoms with Gasteiger partial charge in [0.25, 0.3) is 0 Å². The van der Waals surface area contributed by atoms with Crippen LogP contribution in [-0.2, 0) is 0 Å². The van der Waals surface area contributed by atoms with Crippen LogP contribution in [0, 0.1) is 0 Å². The zero-order valence-corrected chi connectivity index (χ0v) is 6.57. The molecule has 0 spiro atoms. The van der Waals surface area contributed by atoms with Crippen LogP contribution in [0.25, 0.3) is 0 Å². The number of halogens is 3. The SMILES string of the molecule is CC(C)=CC(N)CC(F)(F)F. The Labute approximate surface area is 64.1 Å². The maximum Gasteiger partial charge on any atom is 0.390 e. The van der Waals surface area contributed by atoms with Gasteiger partial charge in [-0.3, -0.25) is 0 Å². The van der Waals surface area contributed by atoms with Gasteiger partial charge in [0.1, 0.15) is 0 Å². The van der Waals surface area contributed by atoms with Crippen molar-refractivity contribution >= 4 is 0 Å². The molecule has 1 nitrogen and oxygen atoms in total. The van der Waals surface area contributed by atoms with Gasteiger partial charge in [-0.25, -0.2) is 0 Å². The van der Waals surface area contributed by atoms with E-state index in [9.17, 15) is 13.2 Å². The molecule has 0 fully saturated rings. The lowest BCUT2D eigenvalue weighted by Gasteiger charge is -2.10. The van der Waals surface area contributed by atoms with Crippen molar-refractivity contribution in [2.75, 3.05) is 0 Å². The highest BCUT2D eigenvalue weighted by Gasteiger charge is 2.29. The molecule has 0 saturated carbocycles. The van der Waals surface area contributed by atoms with E-state index in [1.54, 1.807) is 13.8 Å². The summed E-state index contributed by atoms with van der Waals surface area (Å²) in [6.45, 7) is 3.44. The molecular weight excluding hydrogens is 155 g/mol. The Kier molecular flexibility index (Phi) is 3.58. The third-order valence-electron chi connectivity index (χ3n) is 1.01. The molecule has 0 bridgehead atoms. The molecule has 0 aromatic heterocycles. The van der Waals surface area contributed by atoms with Crippen LogP contribution < -0.4 is 5.73 Å². The molecule has 0 heterocycles. The first-order valence-corrected chi connectivity index (χ1v) is 3.28. The van der Waals surface area contributed by atoms with Gasteiger partial charge in [-0.1, -0.05) is 11.6 Å². The summed E-state index contributed by atoms with van der Waals surface area (Å²) in [7, 11) is 0. The van der Waals surface area contributed by atoms with E-state index in [0.717, 1.165) is 5.57 Å². The van der Waals surface area contributed by atoms with Gasteiger partial charge in [0.2, 0.25) is 0 Å². The molecule has 0 aliphatic rings. The molecule has 66 valence electrons. The quantitative estimate of drug-likeness (QED) is 0.627. The van der Waals surface area contributed by atoms with E-state index in [1.165, 1.54) is 6.08 Å². The smallest absolute Gasteiger partial charge is 0.324 e. The predicted molar refractivity (Wildman–Crippen MR) is 38.1 cm³/mol. The lowest BCUT2D eigenvalue weighted by Crippen LogP contribution is -2.25. The number of alkyl halides is 3. The molecule has 0 aliphatic carbocycles. The molecule has 1 unspecified atom stereocenters. The van der Waals surface area contributed by atoms with Crippen molar-refractivity contribution in [3.05, 3.63) is 11.6 Å². The summed E-state index contributed by atoms with van der Waals surface area (Å²) >= 11 is 0. The number of hydrogen-bond acceptors (Lipinski definition) is 1. The second-order valence-corrected chi connectivity index (χ2v) is 2.73. The Balaban J connectivity index is 3.89. The summed E-state index contributed by atoms with van der Waals surface area (Å²) in [5.41, 5.74) is 5.97. The average Bonchev–Trinajstić information content (AvgIpc) is 1.53. The minimum Gasteiger partial charge on any atom is -0.324 e. The Morgan fingerprint density at radius 2 is 1.91 bits per heavy atom. The fourth-order valence-electron chi connectivity index (χ4n) is 0.754. The fraction of sp³-hybridized carbons (Fsp3) is 0.714. The van der Waals surface area contributed by atoms with Gasteiger partial charge in [0, 0.05) is 6.04 Å². The first kappa shape index (κ1) is 10.5. The van der Waals surface area contributed by atoms with Gasteiger partial charge in [-0.05, 0) is 13.8 Å². The topological polar surface area (TPSA) is 26.0 Å². The normalized spacial score (nSPS) is 14.4. The highest BCUT2D eigenvalue weighted by atomic mass is 19.4. The Morgan fingerprint density at radius 1 is 1.45 bits per heavy atom. The van der Waals surface area contributed by atoms with E-state index in [4.69, 9.17) is 5.73 Å². The van der Waals surface area contributed by atoms with E-state index in [1.807, 2.05) is 0 Å². The average molecular weight is 167 g/mol. The summed E-state index contributed by atoms with van der Waals surface area (Å²) in [6, 6.07) is -0.903. The second-order valence-electron chi connectivity index (χ2n) is 2.73. The molecular formula is C7H12F3N. The van der Waals surface area contributed by atoms with Crippen LogP contribution >= 0.6 is 0 Å². The molecule has 0 rings (SSSR count). The van der Waals surface area contributed by atoms with Crippen LogP contribution in [0.3, 0.4) is 0 Å². The Bertz CT molecular complexity index is 144. The van der Waals surface area contributed by atoms with Crippen molar-refractivity contribution in [2.24, 2.45) is 5.73 Å². The van der Waals surface area contributed by atoms with Crippen LogP contribution in [0.2, 0.25) is 0 Å². The zero-order valence-electron chi connectivity index (χ0n) is 6.57. The number of hydrogen-bond donors (Lipinski definition) is 1. The molecule has 0 aromatic carbocycles. The number of nitrogens with two attached hydrogens (primary N) is 1. The molecule has 0 amide bonds. The molecule has 11 heavy (non-hydrogen) atoms. The van der Waals surface area contributed by atoms with Gasteiger partial charge in [-0.15, -0.1) is 0 Å². The van der Waals surface area contributed by atoms with Crippen LogP contribution in [0.5, 0.6) is 0 Å². The highest BCUT2D eigenvalue weighted by Crippen LogP contribution is 2.21. The van der Waals surface area contributed by atoms with Crippen molar-refractivity contribution in [1.29, 1.82) is 0 Å². The maximum absolute atomic E-state index is 11.6. The van der Waals surface area contributed by atoms with Crippen molar-refractivity contribution in [2.45, 2.75) is 32.5 Å². The minimum atomic E-state index is -4.16. The summed E-state index contributed by atoms with van der Waals surface area (Å²) in [6.07, 6.45) is -3.70. The third kappa shape index (κ3) is 7.39. The molecule has 0 saturated heterocycles. The number of rotatable bonds is 2. The van der Waals surface area contributed by atoms with Crippen LogP contribution in [0.1, 0.15) is 20.3 Å². The van der Waals surface area contributed by atoms with Gasteiger partial charge in [0.15, 0.2) is 0 Å². The minimum absolute atomic E-state index is 0.807. The van der Waals surface area contributed by atoms with E-state index >= 15 is 0 Å². The first-order chi connectivity index (χ1) is 4.81. The maximum atomic E-state index is 11.6. The van der Waals surface area contributed by atoms with E-state index in [-0.39, 0.29) is 0 Å². The van der Waals surface area contributed by atoms with Crippen molar-refractivity contribution < 1.29 is 13.2 Å². The molecule has 0 aliphatic heterocycles. The van der Waals surface area contributed by atoms with Crippen LogP contribution in [0.15, 0.2) is 11.6 Å². The van der Waals surface area contributed by atoms with Crippen molar-refractivity contribution in [3.8, 4) is 0 Å². The Hall–Kier alpha value is -0.510.